The Morgan fingerprint density at radius 3 is 2.75 bits per heavy atom. The summed E-state index contributed by atoms with van der Waals surface area (Å²) in [6.07, 6.45) is 0. The van der Waals surface area contributed by atoms with Crippen LogP contribution in [0.1, 0.15) is 11.3 Å². The monoisotopic (exact) mass is 215 g/mol. The fraction of sp³-hybridized carbons (Fsp3) is 0.308. The van der Waals surface area contributed by atoms with Crippen LogP contribution < -0.4 is 5.32 Å². The van der Waals surface area contributed by atoms with Gasteiger partial charge >= 0.3 is 0 Å². The lowest BCUT2D eigenvalue weighted by Gasteiger charge is -2.00. The first-order chi connectivity index (χ1) is 7.72. The van der Waals surface area contributed by atoms with E-state index in [9.17, 15) is 0 Å². The van der Waals surface area contributed by atoms with Crippen LogP contribution >= 0.6 is 0 Å². The van der Waals surface area contributed by atoms with Crippen molar-refractivity contribution in [3.05, 3.63) is 41.6 Å². The number of benzene rings is 1. The van der Waals surface area contributed by atoms with Crippen molar-refractivity contribution in [2.24, 2.45) is 7.05 Å². The van der Waals surface area contributed by atoms with Gasteiger partial charge in [0.2, 0.25) is 0 Å². The van der Waals surface area contributed by atoms with Gasteiger partial charge in [0.25, 0.3) is 0 Å². The van der Waals surface area contributed by atoms with E-state index in [0.717, 1.165) is 12.2 Å². The van der Waals surface area contributed by atoms with Crippen LogP contribution in [-0.2, 0) is 13.6 Å². The molecule has 0 saturated carbocycles. The van der Waals surface area contributed by atoms with Crippen LogP contribution in [0.3, 0.4) is 0 Å². The topological polar surface area (TPSA) is 29.9 Å². The van der Waals surface area contributed by atoms with E-state index >= 15 is 0 Å². The van der Waals surface area contributed by atoms with E-state index in [2.05, 4.69) is 47.7 Å². The standard InChI is InChI=1S/C13H17N3/c1-10-6-4-5-7-12(10)13-8-11(9-14-2)16(3)15-13/h4-8,14H,9H2,1-3H3. The van der Waals surface area contributed by atoms with E-state index in [1.807, 2.05) is 18.8 Å². The maximum Gasteiger partial charge on any atom is 0.0929 e. The minimum atomic E-state index is 0.843. The van der Waals surface area contributed by atoms with Gasteiger partial charge in [-0.3, -0.25) is 4.68 Å². The van der Waals surface area contributed by atoms with Crippen LogP contribution in [0.15, 0.2) is 30.3 Å². The number of nitrogens with zero attached hydrogens (tertiary/aromatic N) is 2. The molecule has 0 saturated heterocycles. The summed E-state index contributed by atoms with van der Waals surface area (Å²) in [7, 11) is 3.93. The predicted molar refractivity (Wildman–Crippen MR) is 66.1 cm³/mol. The number of aryl methyl sites for hydroxylation is 2. The Morgan fingerprint density at radius 2 is 2.06 bits per heavy atom. The molecule has 0 aliphatic heterocycles. The van der Waals surface area contributed by atoms with Gasteiger partial charge in [-0.25, -0.2) is 0 Å². The molecule has 0 aliphatic rings. The highest BCUT2D eigenvalue weighted by atomic mass is 15.3. The Bertz CT molecular complexity index is 486. The highest BCUT2D eigenvalue weighted by molar-refractivity contribution is 5.63. The van der Waals surface area contributed by atoms with Gasteiger partial charge in [-0.05, 0) is 25.6 Å². The first-order valence-electron chi connectivity index (χ1n) is 5.46. The molecule has 2 rings (SSSR count). The largest absolute Gasteiger partial charge is 0.314 e. The van der Waals surface area contributed by atoms with Crippen molar-refractivity contribution in [2.75, 3.05) is 7.05 Å². The van der Waals surface area contributed by atoms with Crippen LogP contribution in [0.25, 0.3) is 11.3 Å². The molecular weight excluding hydrogens is 198 g/mol. The minimum Gasteiger partial charge on any atom is -0.314 e. The molecular formula is C13H17N3. The summed E-state index contributed by atoms with van der Waals surface area (Å²) in [6.45, 7) is 2.96. The molecule has 0 aliphatic carbocycles. The van der Waals surface area contributed by atoms with Crippen LogP contribution in [0.2, 0.25) is 0 Å². The van der Waals surface area contributed by atoms with Crippen molar-refractivity contribution >= 4 is 0 Å². The van der Waals surface area contributed by atoms with E-state index in [-0.39, 0.29) is 0 Å². The summed E-state index contributed by atoms with van der Waals surface area (Å²) < 4.78 is 1.93. The van der Waals surface area contributed by atoms with Crippen molar-refractivity contribution in [1.82, 2.24) is 15.1 Å². The molecule has 0 unspecified atom stereocenters. The summed E-state index contributed by atoms with van der Waals surface area (Å²) in [5, 5.41) is 7.68. The molecule has 1 aromatic carbocycles. The summed E-state index contributed by atoms with van der Waals surface area (Å²) in [4.78, 5) is 0. The van der Waals surface area contributed by atoms with Gasteiger partial charge in [-0.1, -0.05) is 24.3 Å². The van der Waals surface area contributed by atoms with E-state index in [0.29, 0.717) is 0 Å². The molecule has 0 atom stereocenters. The van der Waals surface area contributed by atoms with Crippen LogP contribution in [0.4, 0.5) is 0 Å². The smallest absolute Gasteiger partial charge is 0.0929 e. The van der Waals surface area contributed by atoms with E-state index < -0.39 is 0 Å². The maximum absolute atomic E-state index is 4.54. The average Bonchev–Trinajstić information content (AvgIpc) is 2.61. The van der Waals surface area contributed by atoms with Crippen LogP contribution in [-0.4, -0.2) is 16.8 Å². The first kappa shape index (κ1) is 10.9. The second-order valence-corrected chi connectivity index (χ2v) is 3.99. The van der Waals surface area contributed by atoms with Gasteiger partial charge in [-0.15, -0.1) is 0 Å². The van der Waals surface area contributed by atoms with Crippen LogP contribution in [0.5, 0.6) is 0 Å². The third-order valence-corrected chi connectivity index (χ3v) is 2.76. The zero-order chi connectivity index (χ0) is 11.5. The van der Waals surface area contributed by atoms with Crippen LogP contribution in [0, 0.1) is 6.92 Å². The fourth-order valence-electron chi connectivity index (χ4n) is 1.84. The van der Waals surface area contributed by atoms with Crippen molar-refractivity contribution in [1.29, 1.82) is 0 Å². The molecule has 2 aromatic rings. The second-order valence-electron chi connectivity index (χ2n) is 3.99. The molecule has 0 amide bonds. The fourth-order valence-corrected chi connectivity index (χ4v) is 1.84. The molecule has 3 nitrogen and oxygen atoms in total. The highest BCUT2D eigenvalue weighted by Gasteiger charge is 2.07. The zero-order valence-electron chi connectivity index (χ0n) is 9.99. The number of hydrogen-bond donors (Lipinski definition) is 1. The van der Waals surface area contributed by atoms with Gasteiger partial charge in [0.1, 0.15) is 0 Å². The molecule has 0 spiro atoms. The number of rotatable bonds is 3. The highest BCUT2D eigenvalue weighted by Crippen LogP contribution is 2.22. The lowest BCUT2D eigenvalue weighted by atomic mass is 10.1. The molecule has 0 fully saturated rings. The molecule has 1 heterocycles. The lowest BCUT2D eigenvalue weighted by Crippen LogP contribution is -2.09. The van der Waals surface area contributed by atoms with E-state index in [4.69, 9.17) is 0 Å². The predicted octanol–water partition coefficient (Wildman–Crippen LogP) is 2.11. The first-order valence-corrected chi connectivity index (χ1v) is 5.46. The average molecular weight is 215 g/mol. The summed E-state index contributed by atoms with van der Waals surface area (Å²) >= 11 is 0. The van der Waals surface area contributed by atoms with Crippen molar-refractivity contribution in [3.8, 4) is 11.3 Å². The van der Waals surface area contributed by atoms with E-state index in [1.54, 1.807) is 0 Å². The molecule has 84 valence electrons. The molecule has 16 heavy (non-hydrogen) atoms. The van der Waals surface area contributed by atoms with Gasteiger partial charge in [-0.2, -0.15) is 5.10 Å². The third kappa shape index (κ3) is 1.99. The molecule has 1 N–H and O–H groups in total. The SMILES string of the molecule is CNCc1cc(-c2ccccc2C)nn1C. The summed E-state index contributed by atoms with van der Waals surface area (Å²) in [5.41, 5.74) is 4.71. The maximum atomic E-state index is 4.54. The Balaban J connectivity index is 2.42. The van der Waals surface area contributed by atoms with Crippen molar-refractivity contribution < 1.29 is 0 Å². The molecule has 3 heteroatoms. The second kappa shape index (κ2) is 4.49. The zero-order valence-corrected chi connectivity index (χ0v) is 9.99. The number of aromatic nitrogens is 2. The Morgan fingerprint density at radius 1 is 1.31 bits per heavy atom. The quantitative estimate of drug-likeness (QED) is 0.850. The Labute approximate surface area is 96.1 Å². The number of hydrogen-bond acceptors (Lipinski definition) is 2. The lowest BCUT2D eigenvalue weighted by molar-refractivity contribution is 0.673. The molecule has 0 bridgehead atoms. The molecule has 0 radical (unpaired) electrons. The normalized spacial score (nSPS) is 10.7. The Kier molecular flexibility index (Phi) is 3.06. The summed E-state index contributed by atoms with van der Waals surface area (Å²) in [5.74, 6) is 0. The van der Waals surface area contributed by atoms with Crippen molar-refractivity contribution in [3.63, 3.8) is 0 Å². The van der Waals surface area contributed by atoms with Gasteiger partial charge < -0.3 is 5.32 Å². The third-order valence-electron chi connectivity index (χ3n) is 2.76. The van der Waals surface area contributed by atoms with Gasteiger partial charge in [0.05, 0.1) is 11.4 Å². The van der Waals surface area contributed by atoms with Crippen molar-refractivity contribution in [2.45, 2.75) is 13.5 Å². The van der Waals surface area contributed by atoms with Gasteiger partial charge in [0.15, 0.2) is 0 Å². The Hall–Kier alpha value is -1.61. The van der Waals surface area contributed by atoms with Gasteiger partial charge in [0, 0.05) is 19.2 Å². The van der Waals surface area contributed by atoms with E-state index in [1.165, 1.54) is 16.8 Å². The number of nitrogens with one attached hydrogen (secondary N) is 1. The summed E-state index contributed by atoms with van der Waals surface area (Å²) in [6, 6.07) is 10.5. The minimum absolute atomic E-state index is 0.843. The molecule has 1 aromatic heterocycles.